The zero-order valence-corrected chi connectivity index (χ0v) is 15.7. The van der Waals surface area contributed by atoms with Crippen LogP contribution in [0.1, 0.15) is 32.9 Å². The molecular formula is C20H22ClFN2O3. The molecule has 1 amide bonds. The summed E-state index contributed by atoms with van der Waals surface area (Å²) in [5.41, 5.74) is 1.25. The second-order valence-electron chi connectivity index (χ2n) is 7.05. The Morgan fingerprint density at radius 2 is 1.78 bits per heavy atom. The minimum Gasteiger partial charge on any atom is -0.469 e. The predicted molar refractivity (Wildman–Crippen MR) is 101 cm³/mol. The van der Waals surface area contributed by atoms with E-state index in [4.69, 9.17) is 4.42 Å². The molecule has 1 saturated heterocycles. The molecule has 2 aliphatic rings. The van der Waals surface area contributed by atoms with E-state index in [0.29, 0.717) is 25.1 Å². The average molecular weight is 393 g/mol. The molecule has 4 rings (SSSR count). The Hall–Kier alpha value is -2.18. The maximum Gasteiger partial charge on any atom is 0.253 e. The van der Waals surface area contributed by atoms with Crippen molar-refractivity contribution in [2.75, 3.05) is 32.7 Å². The lowest BCUT2D eigenvalue weighted by molar-refractivity contribution is 0.0609. The molecule has 2 aromatic rings. The number of rotatable bonds is 3. The van der Waals surface area contributed by atoms with Crippen molar-refractivity contribution in [2.45, 2.75) is 12.8 Å². The van der Waals surface area contributed by atoms with Crippen molar-refractivity contribution < 1.29 is 18.4 Å². The first-order valence-electron chi connectivity index (χ1n) is 8.97. The smallest absolute Gasteiger partial charge is 0.253 e. The number of hydrogen-bond acceptors (Lipinski definition) is 4. The summed E-state index contributed by atoms with van der Waals surface area (Å²) in [5, 5.41) is 0. The summed E-state index contributed by atoms with van der Waals surface area (Å²) in [7, 11) is 0. The van der Waals surface area contributed by atoms with Gasteiger partial charge in [-0.15, -0.1) is 12.4 Å². The van der Waals surface area contributed by atoms with Crippen LogP contribution < -0.4 is 0 Å². The first-order chi connectivity index (χ1) is 12.6. The maximum atomic E-state index is 13.0. The molecule has 27 heavy (non-hydrogen) atoms. The molecule has 1 unspecified atom stereocenters. The van der Waals surface area contributed by atoms with Gasteiger partial charge >= 0.3 is 0 Å². The second-order valence-corrected chi connectivity index (χ2v) is 7.05. The van der Waals surface area contributed by atoms with Crippen molar-refractivity contribution in [3.63, 3.8) is 0 Å². The van der Waals surface area contributed by atoms with Gasteiger partial charge in [0, 0.05) is 51.1 Å². The van der Waals surface area contributed by atoms with Crippen LogP contribution in [0.3, 0.4) is 0 Å². The molecule has 0 spiro atoms. The molecule has 0 radical (unpaired) electrons. The molecule has 144 valence electrons. The molecule has 0 N–H and O–H groups in total. The van der Waals surface area contributed by atoms with Crippen molar-refractivity contribution in [3.05, 3.63) is 59.3 Å². The van der Waals surface area contributed by atoms with E-state index in [9.17, 15) is 14.0 Å². The molecule has 1 aromatic heterocycles. The fourth-order valence-corrected chi connectivity index (χ4v) is 3.86. The minimum atomic E-state index is -0.340. The van der Waals surface area contributed by atoms with Crippen LogP contribution in [0.25, 0.3) is 0 Å². The summed E-state index contributed by atoms with van der Waals surface area (Å²) in [6.07, 6.45) is 2.94. The quantitative estimate of drug-likeness (QED) is 0.805. The molecule has 5 nitrogen and oxygen atoms in total. The number of fused-ring (bicyclic) bond motifs is 1. The van der Waals surface area contributed by atoms with Gasteiger partial charge in [0.25, 0.3) is 5.91 Å². The molecule has 1 aromatic carbocycles. The number of hydrogen-bond donors (Lipinski definition) is 0. The van der Waals surface area contributed by atoms with E-state index in [0.717, 1.165) is 37.4 Å². The maximum absolute atomic E-state index is 13.0. The highest BCUT2D eigenvalue weighted by atomic mass is 35.5. The summed E-state index contributed by atoms with van der Waals surface area (Å²) in [4.78, 5) is 28.8. The van der Waals surface area contributed by atoms with E-state index in [1.165, 1.54) is 24.3 Å². The number of amides is 1. The topological polar surface area (TPSA) is 53.8 Å². The van der Waals surface area contributed by atoms with Crippen molar-refractivity contribution in [1.82, 2.24) is 9.80 Å². The fraction of sp³-hybridized carbons (Fsp3) is 0.400. The van der Waals surface area contributed by atoms with Gasteiger partial charge in [0.1, 0.15) is 11.6 Å². The molecular weight excluding hydrogens is 371 g/mol. The van der Waals surface area contributed by atoms with E-state index < -0.39 is 0 Å². The Bertz CT molecular complexity index is 813. The Balaban J connectivity index is 0.00000210. The van der Waals surface area contributed by atoms with Gasteiger partial charge in [0.2, 0.25) is 0 Å². The zero-order chi connectivity index (χ0) is 18.1. The highest BCUT2D eigenvalue weighted by molar-refractivity contribution is 5.98. The number of benzene rings is 1. The molecule has 2 heterocycles. The highest BCUT2D eigenvalue weighted by Gasteiger charge is 2.30. The van der Waals surface area contributed by atoms with Crippen molar-refractivity contribution in [2.24, 2.45) is 5.92 Å². The third-order valence-electron chi connectivity index (χ3n) is 5.26. The summed E-state index contributed by atoms with van der Waals surface area (Å²) in [6, 6.07) is 7.43. The van der Waals surface area contributed by atoms with Crippen LogP contribution in [0.15, 0.2) is 41.0 Å². The largest absolute Gasteiger partial charge is 0.469 e. The summed E-state index contributed by atoms with van der Waals surface area (Å²) in [5.74, 6) is 0.831. The van der Waals surface area contributed by atoms with Gasteiger partial charge in [-0.25, -0.2) is 4.39 Å². The Kier molecular flexibility index (Phi) is 5.97. The number of carbonyl (C=O) groups excluding carboxylic acids is 2. The Morgan fingerprint density at radius 3 is 2.48 bits per heavy atom. The highest BCUT2D eigenvalue weighted by Crippen LogP contribution is 2.27. The van der Waals surface area contributed by atoms with E-state index in [1.54, 1.807) is 17.2 Å². The zero-order valence-electron chi connectivity index (χ0n) is 14.9. The molecule has 1 aliphatic carbocycles. The van der Waals surface area contributed by atoms with Gasteiger partial charge in [-0.2, -0.15) is 0 Å². The normalized spacial score (nSPS) is 20.1. The van der Waals surface area contributed by atoms with Crippen LogP contribution in [0.2, 0.25) is 0 Å². The number of piperazine rings is 1. The van der Waals surface area contributed by atoms with Crippen LogP contribution in [-0.4, -0.2) is 54.2 Å². The van der Waals surface area contributed by atoms with Crippen LogP contribution in [-0.2, 0) is 6.42 Å². The van der Waals surface area contributed by atoms with Gasteiger partial charge in [0.15, 0.2) is 5.78 Å². The van der Waals surface area contributed by atoms with Crippen molar-refractivity contribution >= 4 is 24.1 Å². The number of Topliss-reactive ketones (excluding diaryl/α,β-unsaturated/α-hetero) is 1. The third kappa shape index (κ3) is 4.22. The average Bonchev–Trinajstić information content (AvgIpc) is 3.12. The van der Waals surface area contributed by atoms with Crippen LogP contribution in [0.4, 0.5) is 4.39 Å². The van der Waals surface area contributed by atoms with Gasteiger partial charge < -0.3 is 9.32 Å². The second kappa shape index (κ2) is 8.23. The molecule has 0 bridgehead atoms. The van der Waals surface area contributed by atoms with Crippen LogP contribution in [0, 0.1) is 11.7 Å². The Morgan fingerprint density at radius 1 is 1.07 bits per heavy atom. The van der Waals surface area contributed by atoms with Crippen LogP contribution >= 0.6 is 12.4 Å². The first-order valence-corrected chi connectivity index (χ1v) is 8.97. The van der Waals surface area contributed by atoms with Gasteiger partial charge in [-0.05, 0) is 36.2 Å². The summed E-state index contributed by atoms with van der Waals surface area (Å²) >= 11 is 0. The van der Waals surface area contributed by atoms with E-state index in [1.807, 2.05) is 0 Å². The third-order valence-corrected chi connectivity index (χ3v) is 5.26. The lowest BCUT2D eigenvalue weighted by atomic mass is 9.87. The monoisotopic (exact) mass is 392 g/mol. The van der Waals surface area contributed by atoms with E-state index >= 15 is 0 Å². The SMILES string of the molecule is Cl.O=C1CC(CN2CCN(C(=O)c3ccc(F)cc3)CC2)Cc2occc21. The predicted octanol–water partition coefficient (Wildman–Crippen LogP) is 3.04. The number of nitrogens with zero attached hydrogens (tertiary/aromatic N) is 2. The number of furan rings is 1. The molecule has 0 saturated carbocycles. The number of halogens is 2. The lowest BCUT2D eigenvalue weighted by Gasteiger charge is -2.37. The standard InChI is InChI=1S/C20H21FN2O3.ClH/c21-16-3-1-15(2-4-16)20(25)23-8-6-22(7-9-23)13-14-11-18(24)17-5-10-26-19(17)12-14;/h1-5,10,14H,6-9,11-13H2;1H. The molecule has 1 atom stereocenters. The molecule has 1 fully saturated rings. The van der Waals surface area contributed by atoms with Crippen LogP contribution in [0.5, 0.6) is 0 Å². The van der Waals surface area contributed by atoms with Gasteiger partial charge in [0.05, 0.1) is 11.8 Å². The van der Waals surface area contributed by atoms with E-state index in [-0.39, 0.29) is 35.8 Å². The summed E-state index contributed by atoms with van der Waals surface area (Å²) in [6.45, 7) is 3.68. The lowest BCUT2D eigenvalue weighted by Crippen LogP contribution is -2.50. The first kappa shape index (κ1) is 19.6. The van der Waals surface area contributed by atoms with Crippen molar-refractivity contribution in [1.29, 1.82) is 0 Å². The van der Waals surface area contributed by atoms with Crippen molar-refractivity contribution in [3.8, 4) is 0 Å². The Labute approximate surface area is 163 Å². The fourth-order valence-electron chi connectivity index (χ4n) is 3.86. The molecule has 1 aliphatic heterocycles. The number of carbonyl (C=O) groups is 2. The molecule has 7 heteroatoms. The summed E-state index contributed by atoms with van der Waals surface area (Å²) < 4.78 is 18.4. The minimum absolute atomic E-state index is 0. The van der Waals surface area contributed by atoms with Gasteiger partial charge in [-0.3, -0.25) is 14.5 Å². The number of ketones is 1. The van der Waals surface area contributed by atoms with Gasteiger partial charge in [-0.1, -0.05) is 0 Å². The van der Waals surface area contributed by atoms with E-state index in [2.05, 4.69) is 4.90 Å².